The van der Waals surface area contributed by atoms with E-state index in [9.17, 15) is 13.0 Å². The molecule has 0 saturated heterocycles. The Hall–Kier alpha value is -1.84. The van der Waals surface area contributed by atoms with E-state index in [1.54, 1.807) is 19.9 Å². The number of H-pyrrole nitrogens is 1. The molecule has 0 bridgehead atoms. The minimum absolute atomic E-state index is 0.0791. The Bertz CT molecular complexity index is 913. The normalized spacial score (nSPS) is 13.1. The summed E-state index contributed by atoms with van der Waals surface area (Å²) in [5, 5.41) is 4.12. The average Bonchev–Trinajstić information content (AvgIpc) is 3.01. The first-order valence-electron chi connectivity index (χ1n) is 6.33. The third-order valence-electron chi connectivity index (χ3n) is 3.34. The van der Waals surface area contributed by atoms with E-state index in [0.29, 0.717) is 22.5 Å². The third kappa shape index (κ3) is 2.40. The predicted molar refractivity (Wildman–Crippen MR) is 82.0 cm³/mol. The SMILES string of the molecule is Cc1noc(C)c1-c1cc([SH](=O)=O)c2nc([S+](C)[O-])[nH]c2c1. The molecule has 1 N–H and O–H groups in total. The zero-order valence-electron chi connectivity index (χ0n) is 12.0. The number of aryl methyl sites for hydroxylation is 2. The van der Waals surface area contributed by atoms with Gasteiger partial charge in [-0.05, 0) is 31.5 Å². The number of imidazole rings is 1. The smallest absolute Gasteiger partial charge is 0.321 e. The van der Waals surface area contributed by atoms with Gasteiger partial charge in [-0.2, -0.15) is 4.98 Å². The van der Waals surface area contributed by atoms with Crippen molar-refractivity contribution < 1.29 is 17.5 Å². The van der Waals surface area contributed by atoms with Crippen molar-refractivity contribution >= 4 is 32.9 Å². The lowest BCUT2D eigenvalue weighted by atomic mass is 10.0. The number of rotatable bonds is 3. The van der Waals surface area contributed by atoms with E-state index in [-0.39, 0.29) is 15.6 Å². The van der Waals surface area contributed by atoms with Crippen molar-refractivity contribution in [1.29, 1.82) is 0 Å². The van der Waals surface area contributed by atoms with E-state index in [1.807, 2.05) is 0 Å². The molecule has 2 heterocycles. The monoisotopic (exact) mass is 339 g/mol. The summed E-state index contributed by atoms with van der Waals surface area (Å²) in [6, 6.07) is 3.29. The van der Waals surface area contributed by atoms with Gasteiger partial charge in [0.2, 0.25) is 0 Å². The van der Waals surface area contributed by atoms with E-state index in [0.717, 1.165) is 5.56 Å². The highest BCUT2D eigenvalue weighted by atomic mass is 32.2. The highest BCUT2D eigenvalue weighted by Gasteiger charge is 2.19. The van der Waals surface area contributed by atoms with Crippen LogP contribution in [0.1, 0.15) is 11.5 Å². The van der Waals surface area contributed by atoms with Gasteiger partial charge in [0.15, 0.2) is 10.7 Å². The summed E-state index contributed by atoms with van der Waals surface area (Å²) in [5.41, 5.74) is 2.88. The van der Waals surface area contributed by atoms with Gasteiger partial charge in [0, 0.05) is 16.7 Å². The first-order valence-corrected chi connectivity index (χ1v) is 9.07. The maximum atomic E-state index is 11.6. The van der Waals surface area contributed by atoms with Gasteiger partial charge in [-0.1, -0.05) is 5.16 Å². The van der Waals surface area contributed by atoms with Crippen molar-refractivity contribution in [2.45, 2.75) is 23.9 Å². The Labute approximate surface area is 130 Å². The first kappa shape index (κ1) is 15.1. The third-order valence-corrected chi connectivity index (χ3v) is 4.81. The van der Waals surface area contributed by atoms with E-state index >= 15 is 0 Å². The van der Waals surface area contributed by atoms with Crippen LogP contribution in [0.15, 0.2) is 26.7 Å². The van der Waals surface area contributed by atoms with E-state index in [4.69, 9.17) is 4.52 Å². The van der Waals surface area contributed by atoms with Crippen molar-refractivity contribution in [3.05, 3.63) is 23.6 Å². The molecule has 0 spiro atoms. The van der Waals surface area contributed by atoms with E-state index < -0.39 is 21.9 Å². The number of aromatic nitrogens is 3. The highest BCUT2D eigenvalue weighted by molar-refractivity contribution is 7.90. The Morgan fingerprint density at radius 3 is 2.59 bits per heavy atom. The zero-order chi connectivity index (χ0) is 16.0. The number of thiol groups is 1. The lowest BCUT2D eigenvalue weighted by molar-refractivity contribution is 0.393. The topological polar surface area (TPSA) is 112 Å². The molecule has 22 heavy (non-hydrogen) atoms. The zero-order valence-corrected chi connectivity index (χ0v) is 13.7. The number of hydrogen-bond donors (Lipinski definition) is 2. The maximum absolute atomic E-state index is 11.6. The molecule has 7 nitrogen and oxygen atoms in total. The summed E-state index contributed by atoms with van der Waals surface area (Å²) in [4.78, 5) is 7.10. The molecule has 0 aliphatic rings. The van der Waals surface area contributed by atoms with Gasteiger partial charge in [0.05, 0.1) is 16.1 Å². The first-order chi connectivity index (χ1) is 10.4. The van der Waals surface area contributed by atoms with Crippen LogP contribution in [0.4, 0.5) is 0 Å². The van der Waals surface area contributed by atoms with E-state index in [2.05, 4.69) is 15.1 Å². The average molecular weight is 339 g/mol. The van der Waals surface area contributed by atoms with Crippen LogP contribution in [0.5, 0.6) is 0 Å². The molecule has 9 heteroatoms. The number of fused-ring (bicyclic) bond motifs is 1. The number of benzene rings is 1. The van der Waals surface area contributed by atoms with Crippen molar-refractivity contribution in [3.63, 3.8) is 0 Å². The van der Waals surface area contributed by atoms with Crippen molar-refractivity contribution in [1.82, 2.24) is 15.1 Å². The van der Waals surface area contributed by atoms with Crippen LogP contribution in [0.25, 0.3) is 22.2 Å². The fourth-order valence-electron chi connectivity index (χ4n) is 2.39. The number of nitrogens with zero attached hydrogens (tertiary/aromatic N) is 2. The molecule has 116 valence electrons. The lowest BCUT2D eigenvalue weighted by Crippen LogP contribution is -1.98. The summed E-state index contributed by atoms with van der Waals surface area (Å²) in [7, 11) is -2.85. The van der Waals surface area contributed by atoms with Crippen LogP contribution < -0.4 is 0 Å². The molecular formula is C13H13N3O4S2. The Kier molecular flexibility index (Phi) is 3.71. The van der Waals surface area contributed by atoms with Crippen molar-refractivity contribution in [2.75, 3.05) is 6.26 Å². The molecule has 3 rings (SSSR count). The number of aromatic amines is 1. The molecule has 0 aliphatic carbocycles. The summed E-state index contributed by atoms with van der Waals surface area (Å²) in [6.45, 7) is 3.54. The Morgan fingerprint density at radius 2 is 2.05 bits per heavy atom. The molecule has 3 aromatic rings. The van der Waals surface area contributed by atoms with Gasteiger partial charge in [0.25, 0.3) is 0 Å². The molecule has 2 aromatic heterocycles. The standard InChI is InChI=1S/C13H13N3O4S2/c1-6-11(7(2)20-16-6)8-4-9-12(10(5-8)22(18)19)15-13(14-9)21(3)17/h4-5,22H,1-3H3,(H,14,15). The lowest BCUT2D eigenvalue weighted by Gasteiger charge is -2.02. The molecule has 1 unspecified atom stereocenters. The molecule has 1 aromatic carbocycles. The minimum Gasteiger partial charge on any atom is -0.609 e. The maximum Gasteiger partial charge on any atom is 0.321 e. The van der Waals surface area contributed by atoms with Gasteiger partial charge in [-0.25, -0.2) is 8.42 Å². The Balaban J connectivity index is 2.34. The second kappa shape index (κ2) is 5.41. The molecule has 0 radical (unpaired) electrons. The fourth-order valence-corrected chi connectivity index (χ4v) is 3.45. The fraction of sp³-hybridized carbons (Fsp3) is 0.231. The van der Waals surface area contributed by atoms with Crippen LogP contribution >= 0.6 is 0 Å². The van der Waals surface area contributed by atoms with Crippen LogP contribution in [0.2, 0.25) is 0 Å². The van der Waals surface area contributed by atoms with Crippen molar-refractivity contribution in [3.8, 4) is 11.1 Å². The largest absolute Gasteiger partial charge is 0.609 e. The van der Waals surface area contributed by atoms with Crippen LogP contribution in [-0.2, 0) is 21.9 Å². The molecular weight excluding hydrogens is 326 g/mol. The summed E-state index contributed by atoms with van der Waals surface area (Å²) in [5.74, 6) is 0.600. The molecule has 0 amide bonds. The molecule has 1 atom stereocenters. The Morgan fingerprint density at radius 1 is 1.32 bits per heavy atom. The quantitative estimate of drug-likeness (QED) is 0.553. The van der Waals surface area contributed by atoms with Gasteiger partial charge in [0.1, 0.15) is 17.5 Å². The summed E-state index contributed by atoms with van der Waals surface area (Å²) in [6.07, 6.45) is 1.48. The van der Waals surface area contributed by atoms with Gasteiger partial charge >= 0.3 is 5.16 Å². The molecule has 0 aliphatic heterocycles. The highest BCUT2D eigenvalue weighted by Crippen LogP contribution is 2.32. The predicted octanol–water partition coefficient (Wildman–Crippen LogP) is 1.54. The summed E-state index contributed by atoms with van der Waals surface area (Å²) < 4.78 is 39.8. The molecule has 0 fully saturated rings. The second-order valence-electron chi connectivity index (χ2n) is 4.84. The van der Waals surface area contributed by atoms with Gasteiger partial charge < -0.3 is 9.08 Å². The number of hydrogen-bond acceptors (Lipinski definition) is 6. The second-order valence-corrected chi connectivity index (χ2v) is 7.13. The van der Waals surface area contributed by atoms with Crippen LogP contribution in [0.3, 0.4) is 0 Å². The minimum atomic E-state index is -2.85. The van der Waals surface area contributed by atoms with E-state index in [1.165, 1.54) is 12.3 Å². The number of nitrogens with one attached hydrogen (secondary N) is 1. The van der Waals surface area contributed by atoms with Crippen molar-refractivity contribution in [2.24, 2.45) is 0 Å². The van der Waals surface area contributed by atoms with Crippen LogP contribution in [-0.4, -0.2) is 34.4 Å². The van der Waals surface area contributed by atoms with Gasteiger partial charge in [-0.3, -0.25) is 4.98 Å². The van der Waals surface area contributed by atoms with Crippen LogP contribution in [0, 0.1) is 13.8 Å². The molecule has 0 saturated carbocycles. The summed E-state index contributed by atoms with van der Waals surface area (Å²) >= 11 is -1.33. The van der Waals surface area contributed by atoms with Gasteiger partial charge in [-0.15, -0.1) is 0 Å².